The van der Waals surface area contributed by atoms with Gasteiger partial charge in [0.15, 0.2) is 0 Å². The zero-order valence-electron chi connectivity index (χ0n) is 10.5. The number of amides is 2. The fourth-order valence-electron chi connectivity index (χ4n) is 1.66. The lowest BCUT2D eigenvalue weighted by atomic mass is 10.2. The topological polar surface area (TPSA) is 61.4 Å². The van der Waals surface area contributed by atoms with Crippen molar-refractivity contribution < 1.29 is 9.59 Å². The lowest BCUT2D eigenvalue weighted by molar-refractivity contribution is -0.136. The Kier molecular flexibility index (Phi) is 6.36. The SMILES string of the molecule is CCCNCCNC(=O)C1CSCN1C(C)=O. The number of carbonyl (C=O) groups is 2. The minimum Gasteiger partial charge on any atom is -0.353 e. The Labute approximate surface area is 107 Å². The maximum absolute atomic E-state index is 11.8. The van der Waals surface area contributed by atoms with Crippen molar-refractivity contribution in [1.29, 1.82) is 0 Å². The molecular weight excluding hydrogens is 238 g/mol. The fourth-order valence-corrected chi connectivity index (χ4v) is 2.88. The van der Waals surface area contributed by atoms with Gasteiger partial charge in [-0.3, -0.25) is 9.59 Å². The molecular formula is C11H21N3O2S. The van der Waals surface area contributed by atoms with Crippen molar-refractivity contribution >= 4 is 23.6 Å². The minimum atomic E-state index is -0.288. The van der Waals surface area contributed by atoms with E-state index in [-0.39, 0.29) is 17.9 Å². The normalized spacial score (nSPS) is 19.4. The van der Waals surface area contributed by atoms with Gasteiger partial charge in [-0.1, -0.05) is 6.92 Å². The average Bonchev–Trinajstić information content (AvgIpc) is 2.77. The molecule has 1 atom stereocenters. The van der Waals surface area contributed by atoms with E-state index in [0.29, 0.717) is 18.2 Å². The first-order chi connectivity index (χ1) is 8.16. The first-order valence-corrected chi connectivity index (χ1v) is 7.15. The Balaban J connectivity index is 2.25. The van der Waals surface area contributed by atoms with Gasteiger partial charge in [-0.15, -0.1) is 11.8 Å². The van der Waals surface area contributed by atoms with Crippen LogP contribution in [0.1, 0.15) is 20.3 Å². The average molecular weight is 259 g/mol. The van der Waals surface area contributed by atoms with Crippen LogP contribution in [0.2, 0.25) is 0 Å². The molecule has 0 bridgehead atoms. The summed E-state index contributed by atoms with van der Waals surface area (Å²) in [5, 5.41) is 6.07. The van der Waals surface area contributed by atoms with E-state index in [9.17, 15) is 9.59 Å². The molecule has 1 unspecified atom stereocenters. The first-order valence-electron chi connectivity index (χ1n) is 6.00. The summed E-state index contributed by atoms with van der Waals surface area (Å²) in [7, 11) is 0. The van der Waals surface area contributed by atoms with E-state index in [0.717, 1.165) is 19.5 Å². The van der Waals surface area contributed by atoms with Gasteiger partial charge in [0.05, 0.1) is 5.88 Å². The Bertz CT molecular complexity index is 273. The Morgan fingerprint density at radius 2 is 2.12 bits per heavy atom. The van der Waals surface area contributed by atoms with Crippen LogP contribution in [0.4, 0.5) is 0 Å². The van der Waals surface area contributed by atoms with Gasteiger partial charge in [-0.05, 0) is 13.0 Å². The number of carbonyl (C=O) groups excluding carboxylic acids is 2. The van der Waals surface area contributed by atoms with Crippen molar-refractivity contribution in [1.82, 2.24) is 15.5 Å². The standard InChI is InChI=1S/C11H21N3O2S/c1-3-4-12-5-6-13-11(16)10-7-17-8-14(10)9(2)15/h10,12H,3-8H2,1-2H3,(H,13,16). The molecule has 0 saturated carbocycles. The van der Waals surface area contributed by atoms with Gasteiger partial charge >= 0.3 is 0 Å². The van der Waals surface area contributed by atoms with Crippen LogP contribution >= 0.6 is 11.8 Å². The molecule has 1 saturated heterocycles. The predicted octanol–water partition coefficient (Wildman–Crippen LogP) is 0.0236. The lowest BCUT2D eigenvalue weighted by Crippen LogP contribution is -2.47. The smallest absolute Gasteiger partial charge is 0.243 e. The number of hydrogen-bond donors (Lipinski definition) is 2. The van der Waals surface area contributed by atoms with Gasteiger partial charge in [-0.2, -0.15) is 0 Å². The minimum absolute atomic E-state index is 0.0285. The number of thioether (sulfide) groups is 1. The van der Waals surface area contributed by atoms with Crippen LogP contribution < -0.4 is 10.6 Å². The van der Waals surface area contributed by atoms with Crippen molar-refractivity contribution in [2.75, 3.05) is 31.3 Å². The summed E-state index contributed by atoms with van der Waals surface area (Å²) in [6.07, 6.45) is 1.09. The van der Waals surface area contributed by atoms with Gasteiger partial charge in [0.1, 0.15) is 6.04 Å². The third-order valence-corrected chi connectivity index (χ3v) is 3.63. The molecule has 0 aromatic carbocycles. The second-order valence-corrected chi connectivity index (χ2v) is 5.05. The summed E-state index contributed by atoms with van der Waals surface area (Å²) in [6.45, 7) is 5.97. The van der Waals surface area contributed by atoms with Crippen LogP contribution in [0.25, 0.3) is 0 Å². The molecule has 2 N–H and O–H groups in total. The number of nitrogens with one attached hydrogen (secondary N) is 2. The van der Waals surface area contributed by atoms with Gasteiger partial charge < -0.3 is 15.5 Å². The molecule has 1 fully saturated rings. The van der Waals surface area contributed by atoms with Gasteiger partial charge in [0.2, 0.25) is 11.8 Å². The Morgan fingerprint density at radius 3 is 2.76 bits per heavy atom. The van der Waals surface area contributed by atoms with Gasteiger partial charge in [-0.25, -0.2) is 0 Å². The van der Waals surface area contributed by atoms with Crippen LogP contribution in [-0.4, -0.2) is 54.0 Å². The molecule has 1 heterocycles. The second-order valence-electron chi connectivity index (χ2n) is 4.05. The van der Waals surface area contributed by atoms with Crippen LogP contribution in [0.15, 0.2) is 0 Å². The molecule has 6 heteroatoms. The third kappa shape index (κ3) is 4.55. The molecule has 1 rings (SSSR count). The largest absolute Gasteiger partial charge is 0.353 e. The zero-order chi connectivity index (χ0) is 12.7. The molecule has 0 aliphatic carbocycles. The Morgan fingerprint density at radius 1 is 1.35 bits per heavy atom. The highest BCUT2D eigenvalue weighted by Gasteiger charge is 2.32. The molecule has 0 spiro atoms. The van der Waals surface area contributed by atoms with Crippen molar-refractivity contribution in [3.8, 4) is 0 Å². The maximum atomic E-state index is 11.8. The van der Waals surface area contributed by atoms with E-state index in [2.05, 4.69) is 17.6 Å². The van der Waals surface area contributed by atoms with Crippen LogP contribution in [0, 0.1) is 0 Å². The lowest BCUT2D eigenvalue weighted by Gasteiger charge is -2.21. The molecule has 1 aliphatic rings. The molecule has 5 nitrogen and oxygen atoms in total. The monoisotopic (exact) mass is 259 g/mol. The molecule has 1 aliphatic heterocycles. The van der Waals surface area contributed by atoms with E-state index < -0.39 is 0 Å². The van der Waals surface area contributed by atoms with Crippen molar-refractivity contribution in [2.45, 2.75) is 26.3 Å². The highest BCUT2D eigenvalue weighted by molar-refractivity contribution is 7.99. The highest BCUT2D eigenvalue weighted by Crippen LogP contribution is 2.20. The van der Waals surface area contributed by atoms with Crippen LogP contribution in [-0.2, 0) is 9.59 Å². The molecule has 2 amide bonds. The second kappa shape index (κ2) is 7.55. The predicted molar refractivity (Wildman–Crippen MR) is 69.8 cm³/mol. The quantitative estimate of drug-likeness (QED) is 0.660. The van der Waals surface area contributed by atoms with Gasteiger partial charge in [0.25, 0.3) is 0 Å². The van der Waals surface area contributed by atoms with E-state index in [1.54, 1.807) is 16.7 Å². The van der Waals surface area contributed by atoms with Crippen molar-refractivity contribution in [3.05, 3.63) is 0 Å². The van der Waals surface area contributed by atoms with E-state index in [4.69, 9.17) is 0 Å². The van der Waals surface area contributed by atoms with E-state index >= 15 is 0 Å². The summed E-state index contributed by atoms with van der Waals surface area (Å²) < 4.78 is 0. The summed E-state index contributed by atoms with van der Waals surface area (Å²) in [6, 6.07) is -0.288. The summed E-state index contributed by atoms with van der Waals surface area (Å²) in [5.74, 6) is 1.26. The Hall–Kier alpha value is -0.750. The molecule has 17 heavy (non-hydrogen) atoms. The number of nitrogens with zero attached hydrogens (tertiary/aromatic N) is 1. The first kappa shape index (κ1) is 14.3. The summed E-state index contributed by atoms with van der Waals surface area (Å²) in [5.41, 5.74) is 0. The molecule has 0 aromatic heterocycles. The van der Waals surface area contributed by atoms with Crippen LogP contribution in [0.5, 0.6) is 0 Å². The van der Waals surface area contributed by atoms with Crippen molar-refractivity contribution in [3.63, 3.8) is 0 Å². The summed E-state index contributed by atoms with van der Waals surface area (Å²) >= 11 is 1.62. The van der Waals surface area contributed by atoms with Crippen molar-refractivity contribution in [2.24, 2.45) is 0 Å². The summed E-state index contributed by atoms with van der Waals surface area (Å²) in [4.78, 5) is 24.8. The fraction of sp³-hybridized carbons (Fsp3) is 0.818. The number of rotatable bonds is 6. The highest BCUT2D eigenvalue weighted by atomic mass is 32.2. The third-order valence-electron chi connectivity index (χ3n) is 2.62. The molecule has 0 aromatic rings. The maximum Gasteiger partial charge on any atom is 0.243 e. The number of hydrogen-bond acceptors (Lipinski definition) is 4. The molecule has 0 radical (unpaired) electrons. The van der Waals surface area contributed by atoms with E-state index in [1.165, 1.54) is 6.92 Å². The van der Waals surface area contributed by atoms with Gasteiger partial charge in [0, 0.05) is 25.8 Å². The zero-order valence-corrected chi connectivity index (χ0v) is 11.3. The van der Waals surface area contributed by atoms with Crippen LogP contribution in [0.3, 0.4) is 0 Å². The van der Waals surface area contributed by atoms with E-state index in [1.807, 2.05) is 0 Å². The molecule has 98 valence electrons.